The average molecular weight is 582 g/mol. The van der Waals surface area contributed by atoms with Crippen LogP contribution in [-0.2, 0) is 4.79 Å². The van der Waals surface area contributed by atoms with E-state index in [1.807, 2.05) is 24.0 Å². The lowest BCUT2D eigenvalue weighted by atomic mass is 9.72. The Morgan fingerprint density at radius 2 is 1.81 bits per heavy atom. The zero-order valence-corrected chi connectivity index (χ0v) is 25.1. The zero-order valence-electron chi connectivity index (χ0n) is 25.1. The molecule has 224 valence electrons. The fourth-order valence-electron chi connectivity index (χ4n) is 7.14. The Balaban J connectivity index is 1.47. The second kappa shape index (κ2) is 11.2. The highest BCUT2D eigenvalue weighted by atomic mass is 19.1. The number of hydrogen-bond acceptors (Lipinski definition) is 7. The SMILES string of the molecule is C=CC(=O)N1CC2(CCN(c3nc(C4CCN(C)CC4)nc4c(F)c(-c5c(C)ccc(N)c5C=N)c(C=C)cc34)CC2)C1. The molecule has 3 aliphatic rings. The summed E-state index contributed by atoms with van der Waals surface area (Å²) in [7, 11) is 2.12. The predicted molar refractivity (Wildman–Crippen MR) is 172 cm³/mol. The molecule has 0 unspecified atom stereocenters. The second-order valence-electron chi connectivity index (χ2n) is 12.5. The number of nitrogens with zero attached hydrogens (tertiary/aromatic N) is 5. The van der Waals surface area contributed by atoms with E-state index in [9.17, 15) is 4.79 Å². The number of piperidine rings is 2. The van der Waals surface area contributed by atoms with Gasteiger partial charge in [-0.3, -0.25) is 4.79 Å². The first kappa shape index (κ1) is 29.0. The van der Waals surface area contributed by atoms with E-state index in [0.29, 0.717) is 44.7 Å². The molecule has 3 saturated heterocycles. The maximum Gasteiger partial charge on any atom is 0.245 e. The van der Waals surface area contributed by atoms with Crippen LogP contribution in [0.3, 0.4) is 0 Å². The number of carbonyl (C=O) groups is 1. The van der Waals surface area contributed by atoms with Gasteiger partial charge in [0.25, 0.3) is 0 Å². The maximum atomic E-state index is 17.0. The number of hydrogen-bond donors (Lipinski definition) is 2. The van der Waals surface area contributed by atoms with Crippen LogP contribution in [-0.4, -0.2) is 78.2 Å². The number of benzene rings is 2. The average Bonchev–Trinajstić information content (AvgIpc) is 3.00. The normalized spacial score (nSPS) is 19.0. The standard InChI is InChI=1S/C34H40FN7O/c1-5-22-17-24-31(30(35)29(22)28-21(3)7-8-26(37)25(28)18-36)38-32(23-9-13-40(4)14-10-23)39-33(24)41-15-11-34(12-16-41)19-42(20-34)27(43)6-2/h5-8,17-18,23,36H,1-2,9-16,19-20,37H2,3-4H3. The number of carbonyl (C=O) groups excluding carboxylic acids is 1. The molecular formula is C34H40FN7O. The van der Waals surface area contributed by atoms with Gasteiger partial charge in [0.05, 0.1) is 0 Å². The second-order valence-corrected chi connectivity index (χ2v) is 12.5. The number of aryl methyl sites for hydroxylation is 1. The number of fused-ring (bicyclic) bond motifs is 1. The Hall–Kier alpha value is -4.11. The molecule has 3 aromatic rings. The van der Waals surface area contributed by atoms with Crippen LogP contribution in [0.1, 0.15) is 54.1 Å². The molecule has 3 fully saturated rings. The van der Waals surface area contributed by atoms with Crippen LogP contribution < -0.4 is 10.6 Å². The quantitative estimate of drug-likeness (QED) is 0.230. The monoisotopic (exact) mass is 581 g/mol. The van der Waals surface area contributed by atoms with E-state index in [0.717, 1.165) is 76.3 Å². The predicted octanol–water partition coefficient (Wildman–Crippen LogP) is 5.39. The summed E-state index contributed by atoms with van der Waals surface area (Å²) in [5.41, 5.74) is 9.97. The summed E-state index contributed by atoms with van der Waals surface area (Å²) in [5, 5.41) is 8.73. The third kappa shape index (κ3) is 4.99. The van der Waals surface area contributed by atoms with Gasteiger partial charge in [0.1, 0.15) is 17.2 Å². The molecule has 0 atom stereocenters. The molecule has 2 aromatic carbocycles. The minimum Gasteiger partial charge on any atom is -0.398 e. The molecule has 1 aromatic heterocycles. The highest BCUT2D eigenvalue weighted by Gasteiger charge is 2.46. The summed E-state index contributed by atoms with van der Waals surface area (Å²) in [4.78, 5) is 28.6. The molecule has 4 heterocycles. The number of likely N-dealkylation sites (tertiary alicyclic amines) is 2. The van der Waals surface area contributed by atoms with Gasteiger partial charge in [-0.05, 0) is 87.6 Å². The lowest BCUT2D eigenvalue weighted by molar-refractivity contribution is -0.139. The van der Waals surface area contributed by atoms with Gasteiger partial charge in [-0.25, -0.2) is 14.4 Å². The van der Waals surface area contributed by atoms with Gasteiger partial charge >= 0.3 is 0 Å². The van der Waals surface area contributed by atoms with Crippen LogP contribution in [0.4, 0.5) is 15.9 Å². The highest BCUT2D eigenvalue weighted by Crippen LogP contribution is 2.44. The third-order valence-electron chi connectivity index (χ3n) is 9.81. The Labute approximate surface area is 252 Å². The van der Waals surface area contributed by atoms with Crippen LogP contribution in [0.2, 0.25) is 0 Å². The van der Waals surface area contributed by atoms with Gasteiger partial charge in [0, 0.05) is 65.9 Å². The fraction of sp³-hybridized carbons (Fsp3) is 0.412. The van der Waals surface area contributed by atoms with Crippen molar-refractivity contribution in [3.63, 3.8) is 0 Å². The molecule has 1 amide bonds. The summed E-state index contributed by atoms with van der Waals surface area (Å²) in [6.07, 6.45) is 7.94. The number of nitrogens with one attached hydrogen (secondary N) is 1. The van der Waals surface area contributed by atoms with E-state index < -0.39 is 5.82 Å². The number of halogens is 1. The lowest BCUT2D eigenvalue weighted by Crippen LogP contribution is -2.61. The summed E-state index contributed by atoms with van der Waals surface area (Å²) >= 11 is 0. The van der Waals surface area contributed by atoms with Crippen molar-refractivity contribution >= 4 is 40.6 Å². The first-order valence-corrected chi connectivity index (χ1v) is 15.1. The van der Waals surface area contributed by atoms with E-state index in [4.69, 9.17) is 21.1 Å². The largest absolute Gasteiger partial charge is 0.398 e. The molecule has 0 aliphatic carbocycles. The molecule has 3 aliphatic heterocycles. The molecule has 6 rings (SSSR count). The van der Waals surface area contributed by atoms with Crippen molar-refractivity contribution in [2.24, 2.45) is 5.41 Å². The van der Waals surface area contributed by atoms with Crippen LogP contribution in [0.5, 0.6) is 0 Å². The van der Waals surface area contributed by atoms with Crippen LogP contribution >= 0.6 is 0 Å². The van der Waals surface area contributed by atoms with Gasteiger partial charge in [-0.2, -0.15) is 0 Å². The molecule has 43 heavy (non-hydrogen) atoms. The minimum absolute atomic E-state index is 0.0116. The number of amides is 1. The molecule has 3 N–H and O–H groups in total. The Bertz CT molecular complexity index is 1630. The van der Waals surface area contributed by atoms with Crippen LogP contribution in [0.15, 0.2) is 37.4 Å². The van der Waals surface area contributed by atoms with Gasteiger partial charge in [0.2, 0.25) is 5.91 Å². The van der Waals surface area contributed by atoms with E-state index in [1.54, 1.807) is 12.1 Å². The maximum absolute atomic E-state index is 17.0. The third-order valence-corrected chi connectivity index (χ3v) is 9.81. The molecule has 0 radical (unpaired) electrons. The zero-order chi connectivity index (χ0) is 30.5. The topological polar surface area (TPSA) is 102 Å². The summed E-state index contributed by atoms with van der Waals surface area (Å²) in [5.74, 6) is 1.15. The van der Waals surface area contributed by atoms with E-state index in [-0.39, 0.29) is 17.2 Å². The van der Waals surface area contributed by atoms with Crippen molar-refractivity contribution in [1.29, 1.82) is 5.41 Å². The van der Waals surface area contributed by atoms with Crippen molar-refractivity contribution in [3.8, 4) is 11.1 Å². The number of anilines is 2. The van der Waals surface area contributed by atoms with Crippen molar-refractivity contribution < 1.29 is 9.18 Å². The van der Waals surface area contributed by atoms with Crippen molar-refractivity contribution in [3.05, 3.63) is 65.8 Å². The molecule has 0 saturated carbocycles. The van der Waals surface area contributed by atoms with E-state index >= 15 is 4.39 Å². The first-order valence-electron chi connectivity index (χ1n) is 15.1. The van der Waals surface area contributed by atoms with Crippen molar-refractivity contribution in [2.75, 3.05) is 56.9 Å². The molecule has 9 heteroatoms. The fourth-order valence-corrected chi connectivity index (χ4v) is 7.14. The first-order chi connectivity index (χ1) is 20.7. The van der Waals surface area contributed by atoms with Gasteiger partial charge in [-0.1, -0.05) is 25.3 Å². The molecule has 8 nitrogen and oxygen atoms in total. The Morgan fingerprint density at radius 3 is 2.44 bits per heavy atom. The number of nitrogens with two attached hydrogens (primary N) is 1. The van der Waals surface area contributed by atoms with Gasteiger partial charge in [0.15, 0.2) is 5.82 Å². The number of rotatable bonds is 6. The van der Waals surface area contributed by atoms with E-state index in [2.05, 4.69) is 30.0 Å². The summed E-state index contributed by atoms with van der Waals surface area (Å²) in [6.45, 7) is 14.5. The van der Waals surface area contributed by atoms with E-state index in [1.165, 1.54) is 12.3 Å². The Kier molecular flexibility index (Phi) is 7.54. The van der Waals surface area contributed by atoms with Gasteiger partial charge < -0.3 is 25.8 Å². The highest BCUT2D eigenvalue weighted by molar-refractivity contribution is 6.02. The minimum atomic E-state index is -0.437. The lowest BCUT2D eigenvalue weighted by Gasteiger charge is -2.54. The van der Waals surface area contributed by atoms with Crippen LogP contribution in [0, 0.1) is 23.6 Å². The number of nitrogen functional groups attached to an aromatic ring is 1. The number of aromatic nitrogens is 2. The summed E-state index contributed by atoms with van der Waals surface area (Å²) in [6, 6.07) is 5.56. The smallest absolute Gasteiger partial charge is 0.245 e. The van der Waals surface area contributed by atoms with Gasteiger partial charge in [-0.15, -0.1) is 0 Å². The Morgan fingerprint density at radius 1 is 1.12 bits per heavy atom. The molecule has 0 bridgehead atoms. The van der Waals surface area contributed by atoms with Crippen molar-refractivity contribution in [2.45, 2.75) is 38.5 Å². The van der Waals surface area contributed by atoms with Crippen molar-refractivity contribution in [1.82, 2.24) is 19.8 Å². The summed E-state index contributed by atoms with van der Waals surface area (Å²) < 4.78 is 17.0. The van der Waals surface area contributed by atoms with Crippen LogP contribution in [0.25, 0.3) is 28.1 Å². The molecule has 1 spiro atoms. The molecular weight excluding hydrogens is 541 g/mol.